The van der Waals surface area contributed by atoms with Crippen LogP contribution in [0.15, 0.2) is 10.5 Å². The standard InChI is InChI=1S/C6H8N2O3S2/c1-4(9)8-5-3-7-6(12-5)13(2,10)11/h3H,1-2H3,(H,8,9). The zero-order valence-corrected chi connectivity index (χ0v) is 8.70. The van der Waals surface area contributed by atoms with E-state index in [0.29, 0.717) is 5.00 Å². The van der Waals surface area contributed by atoms with E-state index in [1.54, 1.807) is 0 Å². The molecule has 72 valence electrons. The molecule has 0 fully saturated rings. The van der Waals surface area contributed by atoms with Crippen LogP contribution in [-0.4, -0.2) is 25.6 Å². The van der Waals surface area contributed by atoms with Crippen molar-refractivity contribution >= 4 is 32.1 Å². The second-order valence-electron chi connectivity index (χ2n) is 2.44. The maximum atomic E-state index is 11.0. The molecule has 1 aromatic heterocycles. The van der Waals surface area contributed by atoms with Crippen LogP contribution in [-0.2, 0) is 14.6 Å². The number of nitrogens with zero attached hydrogens (tertiary/aromatic N) is 1. The molecule has 0 spiro atoms. The molecule has 1 heterocycles. The molecule has 0 saturated carbocycles. The second-order valence-corrected chi connectivity index (χ2v) is 5.66. The van der Waals surface area contributed by atoms with Crippen molar-refractivity contribution in [3.63, 3.8) is 0 Å². The minimum Gasteiger partial charge on any atom is -0.317 e. The predicted octanol–water partition coefficient (Wildman–Crippen LogP) is 0.505. The summed E-state index contributed by atoms with van der Waals surface area (Å²) in [7, 11) is -3.26. The molecule has 0 aliphatic carbocycles. The van der Waals surface area contributed by atoms with Gasteiger partial charge >= 0.3 is 0 Å². The highest BCUT2D eigenvalue weighted by Gasteiger charge is 2.12. The van der Waals surface area contributed by atoms with Crippen LogP contribution in [0.5, 0.6) is 0 Å². The molecule has 0 atom stereocenters. The van der Waals surface area contributed by atoms with Crippen molar-refractivity contribution in [2.24, 2.45) is 0 Å². The van der Waals surface area contributed by atoms with E-state index in [0.717, 1.165) is 17.6 Å². The summed E-state index contributed by atoms with van der Waals surface area (Å²) in [6.45, 7) is 1.35. The lowest BCUT2D eigenvalue weighted by molar-refractivity contribution is -0.114. The molecular formula is C6H8N2O3S2. The Morgan fingerprint density at radius 1 is 1.62 bits per heavy atom. The summed E-state index contributed by atoms with van der Waals surface area (Å²) in [5, 5.41) is 2.89. The van der Waals surface area contributed by atoms with E-state index >= 15 is 0 Å². The van der Waals surface area contributed by atoms with E-state index in [1.807, 2.05) is 0 Å². The number of sulfone groups is 1. The van der Waals surface area contributed by atoms with Crippen LogP contribution < -0.4 is 5.32 Å². The summed E-state index contributed by atoms with van der Waals surface area (Å²) >= 11 is 0.937. The number of anilines is 1. The first-order chi connectivity index (χ1) is 5.89. The molecule has 0 aliphatic heterocycles. The number of amides is 1. The highest BCUT2D eigenvalue weighted by molar-refractivity contribution is 7.92. The lowest BCUT2D eigenvalue weighted by atomic mass is 10.7. The van der Waals surface area contributed by atoms with Crippen molar-refractivity contribution < 1.29 is 13.2 Å². The average Bonchev–Trinajstić information content (AvgIpc) is 2.32. The Labute approximate surface area is 79.7 Å². The zero-order valence-electron chi connectivity index (χ0n) is 7.07. The number of hydrogen-bond acceptors (Lipinski definition) is 5. The molecule has 0 radical (unpaired) electrons. The summed E-state index contributed by atoms with van der Waals surface area (Å²) in [5.74, 6) is -0.247. The molecular weight excluding hydrogens is 212 g/mol. The minimum atomic E-state index is -3.26. The summed E-state index contributed by atoms with van der Waals surface area (Å²) in [6.07, 6.45) is 2.39. The van der Waals surface area contributed by atoms with Crippen molar-refractivity contribution in [2.75, 3.05) is 11.6 Å². The summed E-state index contributed by atoms with van der Waals surface area (Å²) in [5.41, 5.74) is 0. The molecule has 1 rings (SSSR count). The Hall–Kier alpha value is -0.950. The van der Waals surface area contributed by atoms with Gasteiger partial charge in [-0.25, -0.2) is 13.4 Å². The van der Waals surface area contributed by atoms with Crippen LogP contribution in [0.25, 0.3) is 0 Å². The number of aromatic nitrogens is 1. The fraction of sp³-hybridized carbons (Fsp3) is 0.333. The maximum Gasteiger partial charge on any atom is 0.221 e. The Morgan fingerprint density at radius 3 is 2.62 bits per heavy atom. The molecule has 0 unspecified atom stereocenters. The highest BCUT2D eigenvalue weighted by atomic mass is 32.2. The first-order valence-electron chi connectivity index (χ1n) is 3.33. The van der Waals surface area contributed by atoms with Gasteiger partial charge in [0.05, 0.1) is 6.20 Å². The normalized spacial score (nSPS) is 11.2. The third-order valence-corrected chi connectivity index (χ3v) is 3.71. The van der Waals surface area contributed by atoms with E-state index in [9.17, 15) is 13.2 Å². The van der Waals surface area contributed by atoms with Gasteiger partial charge in [-0.05, 0) is 0 Å². The molecule has 0 aromatic carbocycles. The van der Waals surface area contributed by atoms with E-state index < -0.39 is 9.84 Å². The van der Waals surface area contributed by atoms with Crippen molar-refractivity contribution in [3.05, 3.63) is 6.20 Å². The topological polar surface area (TPSA) is 76.1 Å². The number of nitrogens with one attached hydrogen (secondary N) is 1. The van der Waals surface area contributed by atoms with Crippen molar-refractivity contribution in [2.45, 2.75) is 11.3 Å². The lowest BCUT2D eigenvalue weighted by Gasteiger charge is -1.92. The Bertz CT molecular complexity index is 421. The largest absolute Gasteiger partial charge is 0.317 e. The molecule has 0 saturated heterocycles. The Morgan fingerprint density at radius 2 is 2.23 bits per heavy atom. The van der Waals surface area contributed by atoms with Gasteiger partial charge in [-0.1, -0.05) is 11.3 Å². The third-order valence-electron chi connectivity index (χ3n) is 1.10. The highest BCUT2D eigenvalue weighted by Crippen LogP contribution is 2.22. The fourth-order valence-electron chi connectivity index (χ4n) is 0.661. The van der Waals surface area contributed by atoms with Crippen LogP contribution in [0.1, 0.15) is 6.92 Å². The summed E-state index contributed by atoms with van der Waals surface area (Å²) < 4.78 is 21.9. The van der Waals surface area contributed by atoms with Gasteiger partial charge in [0.25, 0.3) is 0 Å². The van der Waals surface area contributed by atoms with Crippen LogP contribution in [0, 0.1) is 0 Å². The number of carbonyl (C=O) groups is 1. The summed E-state index contributed by atoms with van der Waals surface area (Å²) in [6, 6.07) is 0. The lowest BCUT2D eigenvalue weighted by Crippen LogP contribution is -2.03. The maximum absolute atomic E-state index is 11.0. The molecule has 0 aliphatic rings. The molecule has 13 heavy (non-hydrogen) atoms. The first-order valence-corrected chi connectivity index (χ1v) is 6.04. The minimum absolute atomic E-state index is 0.0104. The van der Waals surface area contributed by atoms with E-state index in [1.165, 1.54) is 13.1 Å². The van der Waals surface area contributed by atoms with E-state index in [2.05, 4.69) is 10.3 Å². The van der Waals surface area contributed by atoms with Gasteiger partial charge in [0.15, 0.2) is 0 Å². The van der Waals surface area contributed by atoms with Crippen LogP contribution in [0.4, 0.5) is 5.00 Å². The molecule has 1 aromatic rings. The number of carbonyl (C=O) groups excluding carboxylic acids is 1. The monoisotopic (exact) mass is 220 g/mol. The van der Waals surface area contributed by atoms with Gasteiger partial charge in [0.2, 0.25) is 20.1 Å². The summed E-state index contributed by atoms with van der Waals surface area (Å²) in [4.78, 5) is 14.2. The van der Waals surface area contributed by atoms with Gasteiger partial charge in [-0.2, -0.15) is 0 Å². The molecule has 1 N–H and O–H groups in total. The quantitative estimate of drug-likeness (QED) is 0.787. The van der Waals surface area contributed by atoms with Gasteiger partial charge in [-0.15, -0.1) is 0 Å². The van der Waals surface area contributed by atoms with Crippen LogP contribution >= 0.6 is 11.3 Å². The second kappa shape index (κ2) is 3.43. The SMILES string of the molecule is CC(=O)Nc1cnc(S(C)(=O)=O)s1. The van der Waals surface area contributed by atoms with E-state index in [-0.39, 0.29) is 10.2 Å². The van der Waals surface area contributed by atoms with Crippen molar-refractivity contribution in [3.8, 4) is 0 Å². The van der Waals surface area contributed by atoms with Gasteiger partial charge < -0.3 is 5.32 Å². The Kier molecular flexibility index (Phi) is 2.67. The van der Waals surface area contributed by atoms with Crippen LogP contribution in [0.2, 0.25) is 0 Å². The number of thiazole rings is 1. The molecule has 7 heteroatoms. The zero-order chi connectivity index (χ0) is 10.1. The average molecular weight is 220 g/mol. The number of hydrogen-bond donors (Lipinski definition) is 1. The Balaban J connectivity index is 2.94. The number of rotatable bonds is 2. The van der Waals surface area contributed by atoms with Crippen LogP contribution in [0.3, 0.4) is 0 Å². The van der Waals surface area contributed by atoms with Crippen molar-refractivity contribution in [1.82, 2.24) is 4.98 Å². The molecule has 5 nitrogen and oxygen atoms in total. The fourth-order valence-corrected chi connectivity index (χ4v) is 2.37. The van der Waals surface area contributed by atoms with Gasteiger partial charge in [-0.3, -0.25) is 4.79 Å². The van der Waals surface area contributed by atoms with Crippen molar-refractivity contribution in [1.29, 1.82) is 0 Å². The predicted molar refractivity (Wildman–Crippen MR) is 49.5 cm³/mol. The van der Waals surface area contributed by atoms with Gasteiger partial charge in [0.1, 0.15) is 5.00 Å². The molecule has 0 bridgehead atoms. The smallest absolute Gasteiger partial charge is 0.221 e. The first kappa shape index (κ1) is 10.1. The molecule has 1 amide bonds. The third kappa shape index (κ3) is 2.78. The van der Waals surface area contributed by atoms with E-state index in [4.69, 9.17) is 0 Å². The van der Waals surface area contributed by atoms with Gasteiger partial charge in [0, 0.05) is 13.2 Å².